The third-order valence-electron chi connectivity index (χ3n) is 2.24. The minimum Gasteiger partial charge on any atom is -0.438 e. The zero-order valence-corrected chi connectivity index (χ0v) is 7.70. The van der Waals surface area contributed by atoms with E-state index in [-0.39, 0.29) is 11.8 Å². The van der Waals surface area contributed by atoms with Gasteiger partial charge in [0.25, 0.3) is 5.89 Å². The van der Waals surface area contributed by atoms with Gasteiger partial charge in [0.1, 0.15) is 5.76 Å². The molecule has 0 radical (unpaired) electrons. The van der Waals surface area contributed by atoms with Crippen molar-refractivity contribution in [3.05, 3.63) is 17.8 Å². The highest BCUT2D eigenvalue weighted by molar-refractivity contribution is 5.90. The van der Waals surface area contributed by atoms with E-state index in [1.54, 1.807) is 13.1 Å². The maximum absolute atomic E-state index is 11.4. The first-order valence-corrected chi connectivity index (χ1v) is 4.40. The number of nitrogens with zero attached hydrogens (tertiary/aromatic N) is 1. The van der Waals surface area contributed by atoms with Crippen molar-refractivity contribution < 1.29 is 9.21 Å². The van der Waals surface area contributed by atoms with Crippen LogP contribution >= 0.6 is 0 Å². The zero-order valence-electron chi connectivity index (χ0n) is 7.70. The molecule has 2 rings (SSSR count). The molecule has 1 aliphatic carbocycles. The maximum atomic E-state index is 11.4. The number of carbonyl (C=O) groups is 1. The van der Waals surface area contributed by atoms with E-state index in [2.05, 4.69) is 17.2 Å². The average Bonchev–Trinajstić information content (AvgIpc) is 2.62. The lowest BCUT2D eigenvalue weighted by Crippen LogP contribution is -2.26. The normalized spacial score (nSPS) is 25.7. The van der Waals surface area contributed by atoms with Crippen LogP contribution in [0.25, 0.3) is 0 Å². The van der Waals surface area contributed by atoms with Gasteiger partial charge in [0.2, 0.25) is 0 Å². The molecular formula is C9H12N2O2. The molecule has 1 heterocycles. The second-order valence-corrected chi connectivity index (χ2v) is 3.57. The average molecular weight is 180 g/mol. The number of nitrogens with one attached hydrogen (secondary N) is 1. The highest BCUT2D eigenvalue weighted by Gasteiger charge is 2.34. The highest BCUT2D eigenvalue weighted by Crippen LogP contribution is 2.29. The van der Waals surface area contributed by atoms with Crippen LogP contribution in [-0.4, -0.2) is 16.9 Å². The monoisotopic (exact) mass is 180 g/mol. The fourth-order valence-corrected chi connectivity index (χ4v) is 1.21. The molecule has 1 aromatic rings. The van der Waals surface area contributed by atoms with Crippen molar-refractivity contribution in [1.82, 2.24) is 10.3 Å². The minimum absolute atomic E-state index is 0.164. The summed E-state index contributed by atoms with van der Waals surface area (Å²) in [5.41, 5.74) is 0. The quantitative estimate of drug-likeness (QED) is 0.742. The number of oxazole rings is 1. The summed E-state index contributed by atoms with van der Waals surface area (Å²) in [6.07, 6.45) is 2.61. The van der Waals surface area contributed by atoms with Crippen molar-refractivity contribution in [2.24, 2.45) is 5.92 Å². The van der Waals surface area contributed by atoms with E-state index in [4.69, 9.17) is 4.42 Å². The summed E-state index contributed by atoms with van der Waals surface area (Å²) in [5.74, 6) is 1.22. The first-order valence-electron chi connectivity index (χ1n) is 4.40. The number of hydrogen-bond acceptors (Lipinski definition) is 3. The van der Waals surface area contributed by atoms with Crippen LogP contribution in [0.4, 0.5) is 0 Å². The second kappa shape index (κ2) is 2.87. The summed E-state index contributed by atoms with van der Waals surface area (Å²) in [6, 6.07) is 0.319. The second-order valence-electron chi connectivity index (χ2n) is 3.57. The Bertz CT molecular complexity index is 332. The largest absolute Gasteiger partial charge is 0.438 e. The zero-order chi connectivity index (χ0) is 9.42. The van der Waals surface area contributed by atoms with E-state index in [0.29, 0.717) is 17.7 Å². The van der Waals surface area contributed by atoms with Crippen LogP contribution in [0.2, 0.25) is 0 Å². The molecule has 4 heteroatoms. The van der Waals surface area contributed by atoms with E-state index in [1.165, 1.54) is 0 Å². The van der Waals surface area contributed by atoms with E-state index in [0.717, 1.165) is 6.42 Å². The molecule has 0 saturated heterocycles. The molecule has 2 atom stereocenters. The van der Waals surface area contributed by atoms with Crippen LogP contribution in [0.3, 0.4) is 0 Å². The number of amides is 1. The van der Waals surface area contributed by atoms with Crippen molar-refractivity contribution in [3.63, 3.8) is 0 Å². The summed E-state index contributed by atoms with van der Waals surface area (Å²) in [6.45, 7) is 3.87. The van der Waals surface area contributed by atoms with Crippen molar-refractivity contribution in [2.75, 3.05) is 0 Å². The lowest BCUT2D eigenvalue weighted by Gasteiger charge is -1.98. The van der Waals surface area contributed by atoms with E-state index < -0.39 is 0 Å². The molecule has 1 saturated carbocycles. The van der Waals surface area contributed by atoms with Crippen LogP contribution in [0.5, 0.6) is 0 Å². The number of hydrogen-bond donors (Lipinski definition) is 1. The van der Waals surface area contributed by atoms with Gasteiger partial charge in [0.05, 0.1) is 6.20 Å². The molecule has 1 aromatic heterocycles. The van der Waals surface area contributed by atoms with E-state index >= 15 is 0 Å². The molecular weight excluding hydrogens is 168 g/mol. The van der Waals surface area contributed by atoms with Crippen LogP contribution in [0, 0.1) is 12.8 Å². The number of carbonyl (C=O) groups excluding carboxylic acids is 1. The van der Waals surface area contributed by atoms with Crippen molar-refractivity contribution in [3.8, 4) is 0 Å². The smallest absolute Gasteiger partial charge is 0.307 e. The fraction of sp³-hybridized carbons (Fsp3) is 0.556. The molecule has 1 fully saturated rings. The SMILES string of the molecule is Cc1cnc(C(=O)NC2CC2C)o1. The predicted octanol–water partition coefficient (Wildman–Crippen LogP) is 1.12. The Morgan fingerprint density at radius 3 is 2.92 bits per heavy atom. The Hall–Kier alpha value is -1.32. The first kappa shape index (κ1) is 8.29. The minimum atomic E-state index is -0.206. The van der Waals surface area contributed by atoms with Gasteiger partial charge in [-0.05, 0) is 19.3 Å². The molecule has 4 nitrogen and oxygen atoms in total. The molecule has 0 aromatic carbocycles. The first-order chi connectivity index (χ1) is 6.16. The highest BCUT2D eigenvalue weighted by atomic mass is 16.4. The van der Waals surface area contributed by atoms with Gasteiger partial charge in [-0.1, -0.05) is 6.92 Å². The Morgan fingerprint density at radius 2 is 2.46 bits per heavy atom. The van der Waals surface area contributed by atoms with Crippen LogP contribution in [0.15, 0.2) is 10.6 Å². The van der Waals surface area contributed by atoms with Crippen LogP contribution < -0.4 is 5.32 Å². The number of rotatable bonds is 2. The van der Waals surface area contributed by atoms with Gasteiger partial charge in [0, 0.05) is 6.04 Å². The van der Waals surface area contributed by atoms with Gasteiger partial charge in [-0.25, -0.2) is 4.98 Å². The van der Waals surface area contributed by atoms with E-state index in [9.17, 15) is 4.79 Å². The third kappa shape index (κ3) is 1.71. The lowest BCUT2D eigenvalue weighted by molar-refractivity contribution is 0.0913. The van der Waals surface area contributed by atoms with Gasteiger partial charge in [-0.15, -0.1) is 0 Å². The molecule has 1 aliphatic rings. The summed E-state index contributed by atoms with van der Waals surface area (Å²) in [5, 5.41) is 2.84. The summed E-state index contributed by atoms with van der Waals surface area (Å²) < 4.78 is 5.09. The van der Waals surface area contributed by atoms with Crippen molar-refractivity contribution in [1.29, 1.82) is 0 Å². The van der Waals surface area contributed by atoms with Gasteiger partial charge >= 0.3 is 5.91 Å². The maximum Gasteiger partial charge on any atom is 0.307 e. The van der Waals surface area contributed by atoms with Crippen molar-refractivity contribution >= 4 is 5.91 Å². The molecule has 1 amide bonds. The number of aromatic nitrogens is 1. The molecule has 70 valence electrons. The Balaban J connectivity index is 1.97. The Morgan fingerprint density at radius 1 is 1.77 bits per heavy atom. The molecule has 0 aliphatic heterocycles. The molecule has 0 bridgehead atoms. The Kier molecular flexibility index (Phi) is 1.83. The lowest BCUT2D eigenvalue weighted by atomic mass is 10.4. The fourth-order valence-electron chi connectivity index (χ4n) is 1.21. The van der Waals surface area contributed by atoms with Gasteiger partial charge < -0.3 is 9.73 Å². The third-order valence-corrected chi connectivity index (χ3v) is 2.24. The topological polar surface area (TPSA) is 55.1 Å². The molecule has 2 unspecified atom stereocenters. The van der Waals surface area contributed by atoms with Gasteiger partial charge in [-0.2, -0.15) is 0 Å². The standard InChI is InChI=1S/C9H12N2O2/c1-5-3-7(5)11-8(12)9-10-4-6(2)13-9/h4-5,7H,3H2,1-2H3,(H,11,12). The summed E-state index contributed by atoms with van der Waals surface area (Å²) in [4.78, 5) is 15.2. The Labute approximate surface area is 76.3 Å². The van der Waals surface area contributed by atoms with Crippen LogP contribution in [0.1, 0.15) is 29.8 Å². The predicted molar refractivity (Wildman–Crippen MR) is 46.3 cm³/mol. The van der Waals surface area contributed by atoms with Crippen molar-refractivity contribution in [2.45, 2.75) is 26.3 Å². The van der Waals surface area contributed by atoms with Gasteiger partial charge in [-0.3, -0.25) is 4.79 Å². The van der Waals surface area contributed by atoms with E-state index in [1.807, 2.05) is 0 Å². The summed E-state index contributed by atoms with van der Waals surface area (Å²) in [7, 11) is 0. The summed E-state index contributed by atoms with van der Waals surface area (Å²) >= 11 is 0. The number of aryl methyl sites for hydroxylation is 1. The molecule has 13 heavy (non-hydrogen) atoms. The van der Waals surface area contributed by atoms with Crippen LogP contribution in [-0.2, 0) is 0 Å². The van der Waals surface area contributed by atoms with Gasteiger partial charge in [0.15, 0.2) is 0 Å². The molecule has 0 spiro atoms. The molecule has 1 N–H and O–H groups in total.